The van der Waals surface area contributed by atoms with Crippen molar-refractivity contribution in [2.45, 2.75) is 12.8 Å². The number of primary amides is 2. The van der Waals surface area contributed by atoms with Crippen LogP contribution in [-0.4, -0.2) is 33.5 Å². The Morgan fingerprint density at radius 1 is 0.545 bits per heavy atom. The summed E-state index contributed by atoms with van der Waals surface area (Å²) in [4.78, 5) is 33.5. The van der Waals surface area contributed by atoms with E-state index in [9.17, 15) is 9.59 Å². The van der Waals surface area contributed by atoms with Crippen LogP contribution in [0.25, 0.3) is 32.6 Å². The Morgan fingerprint density at radius 3 is 1.36 bits per heavy atom. The van der Waals surface area contributed by atoms with Gasteiger partial charge in [-0.2, -0.15) is 10.2 Å². The van der Waals surface area contributed by atoms with Gasteiger partial charge in [0.1, 0.15) is 0 Å². The highest BCUT2D eigenvalue weighted by Crippen LogP contribution is 2.25. The number of carbonyl (C=O) groups excluding carboxylic acids is 2. The monoisotopic (exact) mass is 580 g/mol. The zero-order valence-electron chi connectivity index (χ0n) is 23.6. The van der Waals surface area contributed by atoms with Crippen LogP contribution in [0.5, 0.6) is 0 Å². The molecule has 0 fully saturated rings. The minimum atomic E-state index is -0.782. The van der Waals surface area contributed by atoms with Crippen LogP contribution in [0.15, 0.2) is 119 Å². The van der Waals surface area contributed by atoms with Crippen LogP contribution < -0.4 is 22.3 Å². The molecule has 0 spiro atoms. The fourth-order valence-corrected chi connectivity index (χ4v) is 5.26. The standard InChI is InChI=1S/C34H28N8O2/c35-33(43)41-39-29(25-15-7-11-21-9-1-3-13-23(21)25)19-31-32(38-28-18-6-5-17-27(28)37-31)20-30(40-42-34(36)44)26-16-8-12-22-10-2-4-14-24(22)26/h1-18H,19-20H2,(H3,35,41,43)(H3,36,42,44)/b39-29-,40-30-. The molecule has 0 saturated heterocycles. The summed E-state index contributed by atoms with van der Waals surface area (Å²) in [5, 5.41) is 12.8. The van der Waals surface area contributed by atoms with E-state index >= 15 is 0 Å². The van der Waals surface area contributed by atoms with Gasteiger partial charge in [-0.1, -0.05) is 97.1 Å². The number of hydrogen-bond acceptors (Lipinski definition) is 6. The number of nitrogens with one attached hydrogen (secondary N) is 2. The number of hydrogen-bond donors (Lipinski definition) is 4. The van der Waals surface area contributed by atoms with Gasteiger partial charge in [-0.3, -0.25) is 0 Å². The van der Waals surface area contributed by atoms with Crippen LogP contribution in [0.1, 0.15) is 22.5 Å². The zero-order valence-corrected chi connectivity index (χ0v) is 23.6. The lowest BCUT2D eigenvalue weighted by molar-refractivity contribution is 0.248. The second kappa shape index (κ2) is 12.4. The van der Waals surface area contributed by atoms with Crippen molar-refractivity contribution in [2.75, 3.05) is 0 Å². The van der Waals surface area contributed by atoms with Crippen molar-refractivity contribution < 1.29 is 9.59 Å². The average molecular weight is 581 g/mol. The minimum absolute atomic E-state index is 0.216. The highest BCUT2D eigenvalue weighted by atomic mass is 16.2. The summed E-state index contributed by atoms with van der Waals surface area (Å²) in [7, 11) is 0. The smallest absolute Gasteiger partial charge is 0.332 e. The first kappa shape index (κ1) is 28.0. The quantitative estimate of drug-likeness (QED) is 0.144. The van der Waals surface area contributed by atoms with Gasteiger partial charge in [-0.25, -0.2) is 30.4 Å². The maximum Gasteiger partial charge on any atom is 0.332 e. The molecule has 6 rings (SSSR count). The number of nitrogens with two attached hydrogens (primary N) is 2. The van der Waals surface area contributed by atoms with Gasteiger partial charge in [0, 0.05) is 24.0 Å². The average Bonchev–Trinajstić information content (AvgIpc) is 3.04. The molecule has 0 aliphatic carbocycles. The number of urea groups is 2. The largest absolute Gasteiger partial charge is 0.350 e. The molecule has 1 heterocycles. The van der Waals surface area contributed by atoms with Gasteiger partial charge in [0.15, 0.2) is 0 Å². The van der Waals surface area contributed by atoms with E-state index in [0.29, 0.717) is 33.8 Å². The molecule has 10 heteroatoms. The van der Waals surface area contributed by atoms with Crippen LogP contribution in [0, 0.1) is 0 Å². The molecule has 1 aromatic heterocycles. The second-order valence-corrected chi connectivity index (χ2v) is 10.1. The maximum absolute atomic E-state index is 11.7. The van der Waals surface area contributed by atoms with Crippen molar-refractivity contribution in [1.82, 2.24) is 20.8 Å². The molecule has 10 nitrogen and oxygen atoms in total. The van der Waals surface area contributed by atoms with Crippen LogP contribution >= 0.6 is 0 Å². The van der Waals surface area contributed by atoms with Gasteiger partial charge in [0.05, 0.1) is 33.8 Å². The van der Waals surface area contributed by atoms with Crippen LogP contribution in [0.2, 0.25) is 0 Å². The SMILES string of the molecule is NC(=O)N/N=C(/Cc1nc2ccccc2nc1C/C(=N/NC(N)=O)c1cccc2ccccc12)c1cccc2ccccc12. The van der Waals surface area contributed by atoms with E-state index in [1.807, 2.05) is 109 Å². The van der Waals surface area contributed by atoms with Gasteiger partial charge in [-0.05, 0) is 33.7 Å². The summed E-state index contributed by atoms with van der Waals surface area (Å²) >= 11 is 0. The zero-order chi connectivity index (χ0) is 30.5. The molecule has 5 aromatic carbocycles. The predicted molar refractivity (Wildman–Crippen MR) is 173 cm³/mol. The van der Waals surface area contributed by atoms with Crippen molar-refractivity contribution in [2.24, 2.45) is 21.7 Å². The topological polar surface area (TPSA) is 161 Å². The summed E-state index contributed by atoms with van der Waals surface area (Å²) in [6.45, 7) is 0. The normalized spacial score (nSPS) is 12.0. The van der Waals surface area contributed by atoms with E-state index in [1.165, 1.54) is 0 Å². The van der Waals surface area contributed by atoms with E-state index in [0.717, 1.165) is 32.7 Å². The van der Waals surface area contributed by atoms with Crippen molar-refractivity contribution in [3.8, 4) is 0 Å². The first-order valence-corrected chi connectivity index (χ1v) is 13.9. The summed E-state index contributed by atoms with van der Waals surface area (Å²) < 4.78 is 0. The second-order valence-electron chi connectivity index (χ2n) is 10.1. The van der Waals surface area contributed by atoms with E-state index in [1.54, 1.807) is 0 Å². The van der Waals surface area contributed by atoms with E-state index in [2.05, 4.69) is 21.1 Å². The van der Waals surface area contributed by atoms with Crippen molar-refractivity contribution in [1.29, 1.82) is 0 Å². The number of amides is 4. The lowest BCUT2D eigenvalue weighted by Crippen LogP contribution is -2.27. The number of hydrazone groups is 2. The number of aromatic nitrogens is 2. The molecule has 0 atom stereocenters. The third kappa shape index (κ3) is 6.04. The van der Waals surface area contributed by atoms with E-state index < -0.39 is 12.1 Å². The van der Waals surface area contributed by atoms with E-state index in [-0.39, 0.29) is 12.8 Å². The molecule has 0 radical (unpaired) electrons. The van der Waals surface area contributed by atoms with Gasteiger partial charge in [0.25, 0.3) is 0 Å². The number of benzene rings is 5. The first-order chi connectivity index (χ1) is 21.5. The van der Waals surface area contributed by atoms with Crippen molar-refractivity contribution >= 4 is 56.1 Å². The molecule has 0 aliphatic heterocycles. The Labute approximate surface area is 252 Å². The molecular formula is C34H28N8O2. The fourth-order valence-electron chi connectivity index (χ4n) is 5.26. The van der Waals surface area contributed by atoms with Crippen LogP contribution in [-0.2, 0) is 12.8 Å². The number of nitrogens with zero attached hydrogens (tertiary/aromatic N) is 4. The van der Waals surface area contributed by atoms with Gasteiger partial charge < -0.3 is 11.5 Å². The molecule has 0 aliphatic rings. The molecule has 0 unspecified atom stereocenters. The third-order valence-corrected chi connectivity index (χ3v) is 7.20. The highest BCUT2D eigenvalue weighted by molar-refractivity contribution is 6.13. The first-order valence-electron chi connectivity index (χ1n) is 13.9. The van der Waals surface area contributed by atoms with Crippen LogP contribution in [0.4, 0.5) is 9.59 Å². The third-order valence-electron chi connectivity index (χ3n) is 7.20. The van der Waals surface area contributed by atoms with Gasteiger partial charge in [0.2, 0.25) is 0 Å². The number of rotatable bonds is 8. The number of para-hydroxylation sites is 2. The Kier molecular flexibility index (Phi) is 7.87. The molecular weight excluding hydrogens is 552 g/mol. The lowest BCUT2D eigenvalue weighted by atomic mass is 9.95. The van der Waals surface area contributed by atoms with Crippen molar-refractivity contribution in [3.63, 3.8) is 0 Å². The number of carbonyl (C=O) groups is 2. The summed E-state index contributed by atoms with van der Waals surface area (Å²) in [5.74, 6) is 0. The molecule has 6 aromatic rings. The molecule has 216 valence electrons. The van der Waals surface area contributed by atoms with Crippen LogP contribution in [0.3, 0.4) is 0 Å². The molecule has 6 N–H and O–H groups in total. The molecule has 0 bridgehead atoms. The van der Waals surface area contributed by atoms with E-state index in [4.69, 9.17) is 21.4 Å². The molecule has 4 amide bonds. The van der Waals surface area contributed by atoms with Gasteiger partial charge >= 0.3 is 12.1 Å². The maximum atomic E-state index is 11.7. The fraction of sp³-hybridized carbons (Fsp3) is 0.0588. The summed E-state index contributed by atoms with van der Waals surface area (Å²) in [6, 6.07) is 33.6. The Bertz CT molecular complexity index is 1940. The predicted octanol–water partition coefficient (Wildman–Crippen LogP) is 5.17. The Hall–Kier alpha value is -6.16. The summed E-state index contributed by atoms with van der Waals surface area (Å²) in [6.07, 6.45) is 0.432. The minimum Gasteiger partial charge on any atom is -0.350 e. The molecule has 0 saturated carbocycles. The van der Waals surface area contributed by atoms with Crippen molar-refractivity contribution in [3.05, 3.63) is 132 Å². The highest BCUT2D eigenvalue weighted by Gasteiger charge is 2.19. The van der Waals surface area contributed by atoms with Gasteiger partial charge in [-0.15, -0.1) is 0 Å². The Morgan fingerprint density at radius 2 is 0.932 bits per heavy atom. The lowest BCUT2D eigenvalue weighted by Gasteiger charge is -2.15. The number of fused-ring (bicyclic) bond motifs is 3. The summed E-state index contributed by atoms with van der Waals surface area (Å²) in [5.41, 5.74) is 21.0. The Balaban J connectivity index is 1.50. The molecule has 44 heavy (non-hydrogen) atoms.